The highest BCUT2D eigenvalue weighted by Crippen LogP contribution is 2.25. The molecule has 0 fully saturated rings. The molecule has 0 bridgehead atoms. The largest absolute Gasteiger partial charge is 0.389 e. The van der Waals surface area contributed by atoms with Crippen LogP contribution >= 0.6 is 12.2 Å². The van der Waals surface area contributed by atoms with Crippen molar-refractivity contribution in [1.82, 2.24) is 20.0 Å². The van der Waals surface area contributed by atoms with Gasteiger partial charge in [-0.15, -0.1) is 5.10 Å². The molecule has 3 aromatic rings. The summed E-state index contributed by atoms with van der Waals surface area (Å²) in [6.45, 7) is 1.39. The van der Waals surface area contributed by atoms with Crippen molar-refractivity contribution in [3.63, 3.8) is 0 Å². The second kappa shape index (κ2) is 5.84. The molecule has 0 saturated heterocycles. The Hall–Kier alpha value is -2.54. The highest BCUT2D eigenvalue weighted by molar-refractivity contribution is 7.80. The van der Waals surface area contributed by atoms with E-state index in [1.807, 2.05) is 30.5 Å². The quantitative estimate of drug-likeness (QED) is 0.696. The van der Waals surface area contributed by atoms with E-state index in [4.69, 9.17) is 18.0 Å². The molecule has 0 amide bonds. The van der Waals surface area contributed by atoms with Gasteiger partial charge >= 0.3 is 0 Å². The Balaban J connectivity index is 1.90. The topological polar surface area (TPSA) is 81.6 Å². The van der Waals surface area contributed by atoms with E-state index in [1.54, 1.807) is 17.1 Å². The Morgan fingerprint density at radius 2 is 2.19 bits per heavy atom. The van der Waals surface area contributed by atoms with E-state index in [2.05, 4.69) is 20.6 Å². The molecule has 0 aliphatic heterocycles. The number of rotatable bonds is 5. The van der Waals surface area contributed by atoms with Gasteiger partial charge in [-0.25, -0.2) is 0 Å². The first-order chi connectivity index (χ1) is 10.3. The van der Waals surface area contributed by atoms with Gasteiger partial charge in [0.2, 0.25) is 0 Å². The molecule has 21 heavy (non-hydrogen) atoms. The van der Waals surface area contributed by atoms with E-state index in [0.717, 1.165) is 22.2 Å². The number of aromatic nitrogens is 4. The van der Waals surface area contributed by atoms with Crippen LogP contribution in [0.3, 0.4) is 0 Å². The number of nitrogens with zero attached hydrogens (tertiary/aromatic N) is 4. The van der Waals surface area contributed by atoms with Gasteiger partial charge in [0.1, 0.15) is 4.99 Å². The van der Waals surface area contributed by atoms with Gasteiger partial charge in [-0.2, -0.15) is 0 Å². The fraction of sp³-hybridized carbons (Fsp3) is 0.143. The molecule has 1 aromatic carbocycles. The molecule has 0 unspecified atom stereocenters. The van der Waals surface area contributed by atoms with Crippen molar-refractivity contribution in [2.24, 2.45) is 5.73 Å². The number of pyridine rings is 1. The average Bonchev–Trinajstić information content (AvgIpc) is 3.00. The molecular formula is C14H14N6S. The molecule has 2 heterocycles. The number of benzene rings is 1. The van der Waals surface area contributed by atoms with E-state index in [-0.39, 0.29) is 0 Å². The van der Waals surface area contributed by atoms with Crippen LogP contribution in [0.2, 0.25) is 0 Å². The van der Waals surface area contributed by atoms with Crippen molar-refractivity contribution in [2.45, 2.75) is 6.54 Å². The lowest BCUT2D eigenvalue weighted by atomic mass is 10.1. The number of hydrogen-bond acceptors (Lipinski definition) is 5. The van der Waals surface area contributed by atoms with Crippen LogP contribution in [0.1, 0.15) is 5.56 Å². The molecule has 3 rings (SSSR count). The first-order valence-electron chi connectivity index (χ1n) is 6.51. The van der Waals surface area contributed by atoms with Crippen LogP contribution in [0, 0.1) is 0 Å². The number of anilines is 1. The molecule has 0 spiro atoms. The zero-order valence-corrected chi connectivity index (χ0v) is 12.0. The summed E-state index contributed by atoms with van der Waals surface area (Å²) in [5.41, 5.74) is 8.36. The summed E-state index contributed by atoms with van der Waals surface area (Å²) in [5.74, 6) is 0. The summed E-state index contributed by atoms with van der Waals surface area (Å²) in [5, 5.41) is 12.1. The van der Waals surface area contributed by atoms with Gasteiger partial charge in [-0.1, -0.05) is 35.6 Å². The molecule has 0 radical (unpaired) electrons. The van der Waals surface area contributed by atoms with Crippen molar-refractivity contribution in [2.75, 3.05) is 11.9 Å². The van der Waals surface area contributed by atoms with E-state index in [9.17, 15) is 0 Å². The number of nitrogens with one attached hydrogen (secondary N) is 1. The molecule has 0 aliphatic carbocycles. The van der Waals surface area contributed by atoms with E-state index >= 15 is 0 Å². The fourth-order valence-electron chi connectivity index (χ4n) is 2.17. The van der Waals surface area contributed by atoms with Crippen LogP contribution in [-0.4, -0.2) is 31.5 Å². The highest BCUT2D eigenvalue weighted by atomic mass is 32.1. The van der Waals surface area contributed by atoms with E-state index in [1.165, 1.54) is 0 Å². The van der Waals surface area contributed by atoms with Crippen LogP contribution in [0.4, 0.5) is 5.69 Å². The Bertz CT molecular complexity index is 768. The molecule has 0 saturated carbocycles. The lowest BCUT2D eigenvalue weighted by molar-refractivity contribution is 0.609. The van der Waals surface area contributed by atoms with Crippen LogP contribution < -0.4 is 11.1 Å². The highest BCUT2D eigenvalue weighted by Gasteiger charge is 2.10. The zero-order chi connectivity index (χ0) is 14.7. The Morgan fingerprint density at radius 3 is 2.95 bits per heavy atom. The summed E-state index contributed by atoms with van der Waals surface area (Å²) in [4.78, 5) is 4.72. The van der Waals surface area contributed by atoms with Gasteiger partial charge in [-0.05, 0) is 6.07 Å². The average molecular weight is 298 g/mol. The number of nitrogens with two attached hydrogens (primary N) is 1. The van der Waals surface area contributed by atoms with Crippen LogP contribution in [0.25, 0.3) is 10.9 Å². The van der Waals surface area contributed by atoms with Gasteiger partial charge in [0.25, 0.3) is 0 Å². The molecular weight excluding hydrogens is 284 g/mol. The lowest BCUT2D eigenvalue weighted by Gasteiger charge is -2.13. The van der Waals surface area contributed by atoms with Gasteiger partial charge < -0.3 is 11.1 Å². The third-order valence-corrected chi connectivity index (χ3v) is 3.38. The second-order valence-electron chi connectivity index (χ2n) is 4.52. The summed E-state index contributed by atoms with van der Waals surface area (Å²) < 4.78 is 1.76. The Morgan fingerprint density at radius 1 is 1.33 bits per heavy atom. The fourth-order valence-corrected chi connectivity index (χ4v) is 2.32. The van der Waals surface area contributed by atoms with Gasteiger partial charge in [0.05, 0.1) is 29.5 Å². The molecule has 6 nitrogen and oxygen atoms in total. The normalized spacial score (nSPS) is 10.7. The maximum Gasteiger partial charge on any atom is 0.107 e. The number of thiocarbonyl (C=S) groups is 1. The standard InChI is InChI=1S/C14H14N6S/c15-14(21)11-9-17-12-4-2-1-3-10(12)13(11)16-5-7-20-8-6-18-19-20/h1-4,6,8-9H,5,7H2,(H2,15,21)(H,16,17). The predicted molar refractivity (Wildman–Crippen MR) is 86.1 cm³/mol. The molecule has 7 heteroatoms. The Kier molecular flexibility index (Phi) is 3.74. The van der Waals surface area contributed by atoms with Crippen LogP contribution in [0.5, 0.6) is 0 Å². The van der Waals surface area contributed by atoms with Crippen LogP contribution in [0.15, 0.2) is 42.9 Å². The summed E-state index contributed by atoms with van der Waals surface area (Å²) in [6, 6.07) is 7.88. The summed E-state index contributed by atoms with van der Waals surface area (Å²) in [6.07, 6.45) is 5.19. The van der Waals surface area contributed by atoms with Crippen molar-refractivity contribution < 1.29 is 0 Å². The van der Waals surface area contributed by atoms with Crippen LogP contribution in [-0.2, 0) is 6.54 Å². The zero-order valence-electron chi connectivity index (χ0n) is 11.2. The predicted octanol–water partition coefficient (Wildman–Crippen LogP) is 1.57. The number of hydrogen-bond donors (Lipinski definition) is 2. The smallest absolute Gasteiger partial charge is 0.107 e. The Labute approximate surface area is 127 Å². The third-order valence-electron chi connectivity index (χ3n) is 3.16. The van der Waals surface area contributed by atoms with Crippen molar-refractivity contribution in [3.8, 4) is 0 Å². The third kappa shape index (κ3) is 2.82. The SMILES string of the molecule is NC(=S)c1cnc2ccccc2c1NCCn1ccnn1. The second-order valence-corrected chi connectivity index (χ2v) is 4.96. The summed E-state index contributed by atoms with van der Waals surface area (Å²) in [7, 11) is 0. The van der Waals surface area contributed by atoms with Gasteiger partial charge in [0, 0.05) is 24.3 Å². The first-order valence-corrected chi connectivity index (χ1v) is 6.92. The maximum absolute atomic E-state index is 5.80. The number of para-hydroxylation sites is 1. The first kappa shape index (κ1) is 13.4. The molecule has 0 aliphatic rings. The van der Waals surface area contributed by atoms with Crippen molar-refractivity contribution in [1.29, 1.82) is 0 Å². The van der Waals surface area contributed by atoms with E-state index in [0.29, 0.717) is 18.1 Å². The molecule has 3 N–H and O–H groups in total. The monoisotopic (exact) mass is 298 g/mol. The number of fused-ring (bicyclic) bond motifs is 1. The summed E-state index contributed by atoms with van der Waals surface area (Å²) >= 11 is 5.11. The minimum atomic E-state index is 0.330. The van der Waals surface area contributed by atoms with Crippen molar-refractivity contribution >= 4 is 33.8 Å². The molecule has 0 atom stereocenters. The van der Waals surface area contributed by atoms with E-state index < -0.39 is 0 Å². The molecule has 2 aromatic heterocycles. The minimum Gasteiger partial charge on any atom is -0.389 e. The van der Waals surface area contributed by atoms with Gasteiger partial charge in [-0.3, -0.25) is 9.67 Å². The maximum atomic E-state index is 5.80. The van der Waals surface area contributed by atoms with Gasteiger partial charge in [0.15, 0.2) is 0 Å². The lowest BCUT2D eigenvalue weighted by Crippen LogP contribution is -2.17. The molecule has 106 valence electrons. The minimum absolute atomic E-state index is 0.330. The van der Waals surface area contributed by atoms with Crippen molar-refractivity contribution in [3.05, 3.63) is 48.4 Å².